The average molecular weight is 364 g/mol. The van der Waals surface area contributed by atoms with Gasteiger partial charge in [0.2, 0.25) is 0 Å². The summed E-state index contributed by atoms with van der Waals surface area (Å²) < 4.78 is 0. The summed E-state index contributed by atoms with van der Waals surface area (Å²) in [5, 5.41) is 0. The average Bonchev–Trinajstić information content (AvgIpc) is 3.07. The van der Waals surface area contributed by atoms with Gasteiger partial charge in [0.15, 0.2) is 0 Å². The van der Waals surface area contributed by atoms with Crippen LogP contribution in [0.1, 0.15) is 51.8 Å². The van der Waals surface area contributed by atoms with E-state index in [1.807, 2.05) is 32.0 Å². The zero-order valence-electron chi connectivity index (χ0n) is 15.9. The summed E-state index contributed by atoms with van der Waals surface area (Å²) in [5.74, 6) is 0.886. The lowest BCUT2D eigenvalue weighted by Crippen LogP contribution is -2.41. The first kappa shape index (κ1) is 17.5. The highest BCUT2D eigenvalue weighted by atomic mass is 16.2. The summed E-state index contributed by atoms with van der Waals surface area (Å²) in [5.41, 5.74) is 4.59. The van der Waals surface area contributed by atoms with E-state index in [9.17, 15) is 9.59 Å². The van der Waals surface area contributed by atoms with E-state index in [-0.39, 0.29) is 22.9 Å². The van der Waals surface area contributed by atoms with E-state index < -0.39 is 0 Å². The summed E-state index contributed by atoms with van der Waals surface area (Å²) in [6.45, 7) is 6.93. The van der Waals surface area contributed by atoms with E-state index in [1.165, 1.54) is 0 Å². The molecule has 6 heteroatoms. The number of H-pyrrole nitrogens is 2. The molecule has 1 amide bonds. The zero-order valence-corrected chi connectivity index (χ0v) is 15.9. The lowest BCUT2D eigenvalue weighted by molar-refractivity contribution is 0.0702. The molecule has 1 aromatic carbocycles. The lowest BCUT2D eigenvalue weighted by Gasteiger charge is -2.32. The molecular weight excluding hydrogens is 340 g/mol. The number of pyridine rings is 1. The second kappa shape index (κ2) is 6.68. The molecule has 1 saturated heterocycles. The molecule has 1 aliphatic heterocycles. The highest BCUT2D eigenvalue weighted by Gasteiger charge is 2.29. The molecule has 6 nitrogen and oxygen atoms in total. The molecule has 2 aromatic heterocycles. The summed E-state index contributed by atoms with van der Waals surface area (Å²) >= 11 is 0. The molecule has 3 heterocycles. The first-order valence-corrected chi connectivity index (χ1v) is 9.39. The van der Waals surface area contributed by atoms with E-state index in [2.05, 4.69) is 23.0 Å². The van der Waals surface area contributed by atoms with Crippen LogP contribution in [0.5, 0.6) is 0 Å². The fourth-order valence-corrected chi connectivity index (χ4v) is 4.05. The van der Waals surface area contributed by atoms with Crippen LogP contribution in [0.2, 0.25) is 0 Å². The Kier molecular flexibility index (Phi) is 4.34. The van der Waals surface area contributed by atoms with Crippen LogP contribution < -0.4 is 5.56 Å². The van der Waals surface area contributed by atoms with Gasteiger partial charge in [-0.2, -0.15) is 0 Å². The molecule has 4 rings (SSSR count). The molecule has 2 N–H and O–H groups in total. The Morgan fingerprint density at radius 2 is 2.00 bits per heavy atom. The fraction of sp³-hybridized carbons (Fsp3) is 0.381. The minimum atomic E-state index is -0.306. The third-order valence-electron chi connectivity index (χ3n) is 5.41. The number of benzene rings is 1. The van der Waals surface area contributed by atoms with Gasteiger partial charge in [-0.3, -0.25) is 9.59 Å². The summed E-state index contributed by atoms with van der Waals surface area (Å²) in [6.07, 6.45) is 1.88. The molecule has 3 aromatic rings. The Morgan fingerprint density at radius 3 is 2.74 bits per heavy atom. The topological polar surface area (TPSA) is 81.8 Å². The summed E-state index contributed by atoms with van der Waals surface area (Å²) in [6, 6.07) is 7.94. The van der Waals surface area contributed by atoms with Crippen LogP contribution in [0.15, 0.2) is 29.1 Å². The van der Waals surface area contributed by atoms with Crippen molar-refractivity contribution < 1.29 is 4.79 Å². The minimum absolute atomic E-state index is 0.152. The molecule has 0 bridgehead atoms. The van der Waals surface area contributed by atoms with Crippen molar-refractivity contribution in [3.05, 3.63) is 62.8 Å². The van der Waals surface area contributed by atoms with E-state index in [1.54, 1.807) is 4.90 Å². The number of fused-ring (bicyclic) bond motifs is 1. The number of nitrogens with one attached hydrogen (secondary N) is 2. The van der Waals surface area contributed by atoms with E-state index in [0.717, 1.165) is 46.5 Å². The molecule has 140 valence electrons. The maximum atomic E-state index is 13.0. The number of aromatic nitrogens is 3. The number of imidazole rings is 1. The molecule has 0 radical (unpaired) electrons. The standard InChI is InChI=1S/C21H24N4O2/c1-12-6-4-8-16-18(12)24-19(23-16)15-7-5-9-25(11-15)21(27)17-13(2)10-14(3)22-20(17)26/h4,6,8,10,15H,5,7,9,11H2,1-3H3,(H,22,26)(H,23,24). The maximum Gasteiger partial charge on any atom is 0.261 e. The Hall–Kier alpha value is -2.89. The Morgan fingerprint density at radius 1 is 1.19 bits per heavy atom. The van der Waals surface area contributed by atoms with Gasteiger partial charge in [-0.05, 0) is 56.9 Å². The number of amides is 1. The molecule has 0 aliphatic carbocycles. The quantitative estimate of drug-likeness (QED) is 0.733. The van der Waals surface area contributed by atoms with Crippen LogP contribution in [0.25, 0.3) is 11.0 Å². The van der Waals surface area contributed by atoms with Crippen LogP contribution in [-0.2, 0) is 0 Å². The van der Waals surface area contributed by atoms with Crippen LogP contribution in [0.4, 0.5) is 0 Å². The van der Waals surface area contributed by atoms with E-state index in [4.69, 9.17) is 4.98 Å². The number of hydrogen-bond donors (Lipinski definition) is 2. The second-order valence-electron chi connectivity index (χ2n) is 7.52. The van der Waals surface area contributed by atoms with Crippen molar-refractivity contribution >= 4 is 16.9 Å². The van der Waals surface area contributed by atoms with Gasteiger partial charge in [0.25, 0.3) is 11.5 Å². The second-order valence-corrected chi connectivity index (χ2v) is 7.52. The van der Waals surface area contributed by atoms with Gasteiger partial charge in [0.1, 0.15) is 11.4 Å². The third kappa shape index (κ3) is 3.16. The highest BCUT2D eigenvalue weighted by molar-refractivity contribution is 5.95. The molecule has 1 aliphatic rings. The molecule has 0 saturated carbocycles. The van der Waals surface area contributed by atoms with Crippen molar-refractivity contribution in [3.8, 4) is 0 Å². The molecule has 1 fully saturated rings. The first-order chi connectivity index (χ1) is 12.9. The Balaban J connectivity index is 1.62. The van der Waals surface area contributed by atoms with Crippen LogP contribution in [0, 0.1) is 20.8 Å². The number of aromatic amines is 2. The number of para-hydroxylation sites is 1. The van der Waals surface area contributed by atoms with Crippen LogP contribution in [-0.4, -0.2) is 38.8 Å². The number of carbonyl (C=O) groups is 1. The summed E-state index contributed by atoms with van der Waals surface area (Å²) in [4.78, 5) is 38.1. The summed E-state index contributed by atoms with van der Waals surface area (Å²) in [7, 11) is 0. The highest BCUT2D eigenvalue weighted by Crippen LogP contribution is 2.28. The van der Waals surface area contributed by atoms with E-state index >= 15 is 0 Å². The molecular formula is C21H24N4O2. The van der Waals surface area contributed by atoms with Gasteiger partial charge >= 0.3 is 0 Å². The number of aryl methyl sites for hydroxylation is 3. The van der Waals surface area contributed by atoms with Gasteiger partial charge < -0.3 is 14.9 Å². The number of piperidine rings is 1. The van der Waals surface area contributed by atoms with Gasteiger partial charge in [-0.25, -0.2) is 4.98 Å². The van der Waals surface area contributed by atoms with Crippen molar-refractivity contribution in [1.29, 1.82) is 0 Å². The number of rotatable bonds is 2. The third-order valence-corrected chi connectivity index (χ3v) is 5.41. The number of hydrogen-bond acceptors (Lipinski definition) is 3. The first-order valence-electron chi connectivity index (χ1n) is 9.39. The van der Waals surface area contributed by atoms with Crippen molar-refractivity contribution in [2.75, 3.05) is 13.1 Å². The van der Waals surface area contributed by atoms with Crippen molar-refractivity contribution in [2.24, 2.45) is 0 Å². The lowest BCUT2D eigenvalue weighted by atomic mass is 9.96. The maximum absolute atomic E-state index is 13.0. The van der Waals surface area contributed by atoms with E-state index in [0.29, 0.717) is 13.1 Å². The molecule has 27 heavy (non-hydrogen) atoms. The molecule has 0 spiro atoms. The SMILES string of the molecule is Cc1cc(C)c(C(=O)N2CCCC(c3nc4c(C)cccc4[nH]3)C2)c(=O)[nH]1. The number of likely N-dealkylation sites (tertiary alicyclic amines) is 1. The van der Waals surface area contributed by atoms with Crippen molar-refractivity contribution in [3.63, 3.8) is 0 Å². The van der Waals surface area contributed by atoms with Gasteiger partial charge in [-0.1, -0.05) is 12.1 Å². The molecule has 1 atom stereocenters. The van der Waals surface area contributed by atoms with Crippen LogP contribution in [0.3, 0.4) is 0 Å². The monoisotopic (exact) mass is 364 g/mol. The normalized spacial score (nSPS) is 17.4. The Bertz CT molecular complexity index is 1080. The fourth-order valence-electron chi connectivity index (χ4n) is 4.05. The number of nitrogens with zero attached hydrogens (tertiary/aromatic N) is 2. The van der Waals surface area contributed by atoms with Crippen molar-refractivity contribution in [2.45, 2.75) is 39.5 Å². The predicted octanol–water partition coefficient (Wildman–Crippen LogP) is 3.20. The zero-order chi connectivity index (χ0) is 19.1. The Labute approximate surface area is 157 Å². The van der Waals surface area contributed by atoms with Crippen molar-refractivity contribution in [1.82, 2.24) is 19.9 Å². The minimum Gasteiger partial charge on any atom is -0.342 e. The largest absolute Gasteiger partial charge is 0.342 e. The van der Waals surface area contributed by atoms with Gasteiger partial charge in [0, 0.05) is 24.7 Å². The number of carbonyl (C=O) groups excluding carboxylic acids is 1. The molecule has 1 unspecified atom stereocenters. The van der Waals surface area contributed by atoms with Crippen LogP contribution >= 0.6 is 0 Å². The smallest absolute Gasteiger partial charge is 0.261 e. The van der Waals surface area contributed by atoms with Gasteiger partial charge in [-0.15, -0.1) is 0 Å². The van der Waals surface area contributed by atoms with Gasteiger partial charge in [0.05, 0.1) is 11.0 Å². The predicted molar refractivity (Wildman–Crippen MR) is 105 cm³/mol.